The first-order valence-corrected chi connectivity index (χ1v) is 9.89. The van der Waals surface area contributed by atoms with Gasteiger partial charge in [-0.15, -0.1) is 0 Å². The number of rotatable bonds is 9. The fourth-order valence-corrected chi connectivity index (χ4v) is 3.46. The van der Waals surface area contributed by atoms with Crippen LogP contribution in [0.5, 0.6) is 5.75 Å². The Kier molecular flexibility index (Phi) is 6.87. The summed E-state index contributed by atoms with van der Waals surface area (Å²) >= 11 is 0. The van der Waals surface area contributed by atoms with Crippen molar-refractivity contribution < 1.29 is 14.6 Å². The number of benzene rings is 1. The predicted octanol–water partition coefficient (Wildman–Crippen LogP) is 3.40. The maximum Gasteiger partial charge on any atom is 0.354 e. The third-order valence-corrected chi connectivity index (χ3v) is 5.35. The number of aromatic nitrogens is 1. The first kappa shape index (κ1) is 20.1. The smallest absolute Gasteiger partial charge is 0.354 e. The second-order valence-corrected chi connectivity index (χ2v) is 7.60. The molecule has 1 aromatic carbocycles. The molecule has 1 aromatic heterocycles. The normalized spacial score (nSPS) is 19.5. The van der Waals surface area contributed by atoms with E-state index in [4.69, 9.17) is 9.84 Å². The Morgan fingerprint density at radius 3 is 2.57 bits per heavy atom. The third-order valence-electron chi connectivity index (χ3n) is 5.35. The molecule has 1 aliphatic heterocycles. The number of carboxylic acids is 1. The van der Waals surface area contributed by atoms with Crippen LogP contribution in [0.2, 0.25) is 0 Å². The van der Waals surface area contributed by atoms with Gasteiger partial charge in [-0.3, -0.25) is 4.90 Å². The molecule has 1 fully saturated rings. The molecule has 0 spiro atoms. The Morgan fingerprint density at radius 2 is 1.89 bits per heavy atom. The SMILES string of the molecule is CC1CN(CCOc2ccc(CCNc3cccc(C(=O)O)n3)cc2)CC1C. The number of carbonyl (C=O) groups is 1. The maximum absolute atomic E-state index is 11.0. The van der Waals surface area contributed by atoms with Crippen LogP contribution in [-0.4, -0.2) is 53.7 Å². The summed E-state index contributed by atoms with van der Waals surface area (Å²) in [6, 6.07) is 13.1. The minimum absolute atomic E-state index is 0.0457. The minimum atomic E-state index is -1.02. The molecule has 1 saturated heterocycles. The summed E-state index contributed by atoms with van der Waals surface area (Å²) in [5, 5.41) is 12.1. The Morgan fingerprint density at radius 1 is 1.18 bits per heavy atom. The first-order chi connectivity index (χ1) is 13.5. The highest BCUT2D eigenvalue weighted by Gasteiger charge is 2.25. The molecular formula is C22H29N3O3. The molecule has 28 heavy (non-hydrogen) atoms. The van der Waals surface area contributed by atoms with Crippen molar-refractivity contribution in [1.82, 2.24) is 9.88 Å². The zero-order valence-electron chi connectivity index (χ0n) is 16.6. The monoisotopic (exact) mass is 383 g/mol. The molecule has 0 bridgehead atoms. The molecule has 2 atom stereocenters. The van der Waals surface area contributed by atoms with Crippen molar-refractivity contribution in [1.29, 1.82) is 0 Å². The Bertz CT molecular complexity index is 769. The van der Waals surface area contributed by atoms with E-state index in [9.17, 15) is 4.79 Å². The van der Waals surface area contributed by atoms with E-state index in [-0.39, 0.29) is 5.69 Å². The lowest BCUT2D eigenvalue weighted by Crippen LogP contribution is -2.26. The summed E-state index contributed by atoms with van der Waals surface area (Å²) in [6.45, 7) is 9.34. The summed E-state index contributed by atoms with van der Waals surface area (Å²) in [5.74, 6) is 2.00. The van der Waals surface area contributed by atoms with E-state index >= 15 is 0 Å². The molecular weight excluding hydrogens is 354 g/mol. The second-order valence-electron chi connectivity index (χ2n) is 7.60. The van der Waals surface area contributed by atoms with Gasteiger partial charge in [-0.05, 0) is 48.1 Å². The number of ether oxygens (including phenoxy) is 1. The minimum Gasteiger partial charge on any atom is -0.492 e. The van der Waals surface area contributed by atoms with Crippen LogP contribution in [0.25, 0.3) is 0 Å². The summed E-state index contributed by atoms with van der Waals surface area (Å²) in [5.41, 5.74) is 1.24. The number of hydrogen-bond acceptors (Lipinski definition) is 5. The largest absolute Gasteiger partial charge is 0.492 e. The van der Waals surface area contributed by atoms with Crippen molar-refractivity contribution in [3.8, 4) is 5.75 Å². The molecule has 2 unspecified atom stereocenters. The van der Waals surface area contributed by atoms with Crippen LogP contribution in [0, 0.1) is 11.8 Å². The van der Waals surface area contributed by atoms with E-state index in [1.165, 1.54) is 24.7 Å². The zero-order valence-corrected chi connectivity index (χ0v) is 16.6. The third kappa shape index (κ3) is 5.70. The van der Waals surface area contributed by atoms with Gasteiger partial charge in [0.15, 0.2) is 5.69 Å². The standard InChI is InChI=1S/C22H29N3O3/c1-16-14-25(15-17(16)2)12-13-28-19-8-6-18(7-9-19)10-11-23-21-5-3-4-20(24-21)22(26)27/h3-9,16-17H,10-15H2,1-2H3,(H,23,24)(H,26,27). The van der Waals surface area contributed by atoms with Gasteiger partial charge in [0.25, 0.3) is 0 Å². The number of nitrogens with zero attached hydrogens (tertiary/aromatic N) is 2. The van der Waals surface area contributed by atoms with Crippen molar-refractivity contribution in [2.24, 2.45) is 11.8 Å². The van der Waals surface area contributed by atoms with Gasteiger partial charge in [0.1, 0.15) is 18.2 Å². The van der Waals surface area contributed by atoms with Crippen molar-refractivity contribution in [2.75, 3.05) is 38.1 Å². The molecule has 0 radical (unpaired) electrons. The number of likely N-dealkylation sites (tertiary alicyclic amines) is 1. The average Bonchev–Trinajstić information content (AvgIpc) is 3.01. The molecule has 1 aliphatic rings. The second kappa shape index (κ2) is 9.55. The summed E-state index contributed by atoms with van der Waals surface area (Å²) in [6.07, 6.45) is 0.822. The first-order valence-electron chi connectivity index (χ1n) is 9.89. The Labute approximate surface area is 166 Å². The van der Waals surface area contributed by atoms with Crippen molar-refractivity contribution in [2.45, 2.75) is 20.3 Å². The van der Waals surface area contributed by atoms with Crippen molar-refractivity contribution >= 4 is 11.8 Å². The Balaban J connectivity index is 1.38. The van der Waals surface area contributed by atoms with Crippen molar-refractivity contribution in [3.05, 3.63) is 53.7 Å². The fraction of sp³-hybridized carbons (Fsp3) is 0.455. The van der Waals surface area contributed by atoms with Gasteiger partial charge >= 0.3 is 5.97 Å². The summed E-state index contributed by atoms with van der Waals surface area (Å²) in [7, 11) is 0. The zero-order chi connectivity index (χ0) is 19.9. The number of carboxylic acid groups (broad SMARTS) is 1. The molecule has 0 aliphatic carbocycles. The highest BCUT2D eigenvalue weighted by molar-refractivity contribution is 5.85. The quantitative estimate of drug-likeness (QED) is 0.691. The van der Waals surface area contributed by atoms with E-state index in [0.29, 0.717) is 19.0 Å². The number of pyridine rings is 1. The topological polar surface area (TPSA) is 74.7 Å². The average molecular weight is 383 g/mol. The molecule has 2 aromatic rings. The van der Waals surface area contributed by atoms with E-state index in [1.807, 2.05) is 12.1 Å². The van der Waals surface area contributed by atoms with Crippen LogP contribution >= 0.6 is 0 Å². The van der Waals surface area contributed by atoms with Crippen LogP contribution in [0.15, 0.2) is 42.5 Å². The molecule has 0 saturated carbocycles. The van der Waals surface area contributed by atoms with Crippen LogP contribution < -0.4 is 10.1 Å². The predicted molar refractivity (Wildman–Crippen MR) is 110 cm³/mol. The molecule has 6 heteroatoms. The lowest BCUT2D eigenvalue weighted by Gasteiger charge is -2.16. The van der Waals surface area contributed by atoms with Gasteiger partial charge in [-0.25, -0.2) is 9.78 Å². The highest BCUT2D eigenvalue weighted by Crippen LogP contribution is 2.21. The molecule has 150 valence electrons. The van der Waals surface area contributed by atoms with E-state index in [0.717, 1.165) is 30.6 Å². The number of aromatic carboxylic acids is 1. The number of anilines is 1. The van der Waals surface area contributed by atoms with Crippen LogP contribution in [0.1, 0.15) is 29.9 Å². The molecule has 2 heterocycles. The van der Waals surface area contributed by atoms with Gasteiger partial charge < -0.3 is 15.2 Å². The maximum atomic E-state index is 11.0. The molecule has 0 amide bonds. The fourth-order valence-electron chi connectivity index (χ4n) is 3.46. The number of nitrogens with one attached hydrogen (secondary N) is 1. The van der Waals surface area contributed by atoms with E-state index < -0.39 is 5.97 Å². The molecule has 3 rings (SSSR count). The molecule has 2 N–H and O–H groups in total. The number of hydrogen-bond donors (Lipinski definition) is 2. The van der Waals surface area contributed by atoms with Crippen LogP contribution in [0.3, 0.4) is 0 Å². The van der Waals surface area contributed by atoms with Gasteiger partial charge in [0, 0.05) is 26.2 Å². The van der Waals surface area contributed by atoms with E-state index in [1.54, 1.807) is 12.1 Å². The van der Waals surface area contributed by atoms with Gasteiger partial charge in [0.2, 0.25) is 0 Å². The Hall–Kier alpha value is -2.60. The van der Waals surface area contributed by atoms with Crippen molar-refractivity contribution in [3.63, 3.8) is 0 Å². The summed E-state index contributed by atoms with van der Waals surface area (Å²) in [4.78, 5) is 17.5. The molecule has 6 nitrogen and oxygen atoms in total. The van der Waals surface area contributed by atoms with Crippen LogP contribution in [0.4, 0.5) is 5.82 Å². The lowest BCUT2D eigenvalue weighted by molar-refractivity contribution is 0.0690. The summed E-state index contributed by atoms with van der Waals surface area (Å²) < 4.78 is 5.88. The van der Waals surface area contributed by atoms with Gasteiger partial charge in [-0.2, -0.15) is 0 Å². The highest BCUT2D eigenvalue weighted by atomic mass is 16.5. The van der Waals surface area contributed by atoms with E-state index in [2.05, 4.69) is 41.2 Å². The van der Waals surface area contributed by atoms with Crippen LogP contribution in [-0.2, 0) is 6.42 Å². The van der Waals surface area contributed by atoms with Gasteiger partial charge in [-0.1, -0.05) is 32.0 Å². The lowest BCUT2D eigenvalue weighted by atomic mass is 10.0. The van der Waals surface area contributed by atoms with Gasteiger partial charge in [0.05, 0.1) is 0 Å².